The second kappa shape index (κ2) is 4.00. The van der Waals surface area contributed by atoms with Gasteiger partial charge >= 0.3 is 0 Å². The number of pyridine rings is 1. The molecule has 1 rings (SSSR count). The number of nitrogens with zero attached hydrogens (tertiary/aromatic N) is 1. The molecule has 0 bridgehead atoms. The molecule has 1 heterocycles. The van der Waals surface area contributed by atoms with Crippen LogP contribution in [0.3, 0.4) is 0 Å². The van der Waals surface area contributed by atoms with Crippen molar-refractivity contribution in [3.63, 3.8) is 0 Å². The fourth-order valence-corrected chi connectivity index (χ4v) is 1.18. The molecule has 1 atom stereocenters. The number of aldehydes is 1. The van der Waals surface area contributed by atoms with Crippen LogP contribution in [-0.2, 0) is 0 Å². The normalized spacial score (nSPS) is 12.5. The predicted molar refractivity (Wildman–Crippen MR) is 48.3 cm³/mol. The summed E-state index contributed by atoms with van der Waals surface area (Å²) < 4.78 is 0. The SMILES string of the molecule is CCC(C)c1ccncc1C=O. The van der Waals surface area contributed by atoms with Crippen LogP contribution in [0.25, 0.3) is 0 Å². The van der Waals surface area contributed by atoms with Crippen LogP contribution < -0.4 is 0 Å². The van der Waals surface area contributed by atoms with E-state index in [2.05, 4.69) is 18.8 Å². The van der Waals surface area contributed by atoms with Crippen molar-refractivity contribution in [2.45, 2.75) is 26.2 Å². The van der Waals surface area contributed by atoms with Crippen molar-refractivity contribution < 1.29 is 4.79 Å². The first-order valence-corrected chi connectivity index (χ1v) is 4.18. The van der Waals surface area contributed by atoms with Gasteiger partial charge in [-0.2, -0.15) is 0 Å². The first-order valence-electron chi connectivity index (χ1n) is 4.18. The average Bonchev–Trinajstić information content (AvgIpc) is 2.16. The monoisotopic (exact) mass is 163 g/mol. The Labute approximate surface area is 72.6 Å². The zero-order valence-electron chi connectivity index (χ0n) is 7.45. The summed E-state index contributed by atoms with van der Waals surface area (Å²) in [5, 5.41) is 0. The Morgan fingerprint density at radius 1 is 1.67 bits per heavy atom. The van der Waals surface area contributed by atoms with Crippen LogP contribution in [0.1, 0.15) is 42.1 Å². The standard InChI is InChI=1S/C10H13NO/c1-3-8(2)10-4-5-11-6-9(10)7-12/h4-8H,3H2,1-2H3. The zero-order valence-corrected chi connectivity index (χ0v) is 7.45. The lowest BCUT2D eigenvalue weighted by atomic mass is 9.96. The Hall–Kier alpha value is -1.18. The van der Waals surface area contributed by atoms with Crippen molar-refractivity contribution in [2.24, 2.45) is 0 Å². The molecule has 0 amide bonds. The molecule has 2 heteroatoms. The molecule has 12 heavy (non-hydrogen) atoms. The Bertz CT molecular complexity index is 270. The van der Waals surface area contributed by atoms with E-state index >= 15 is 0 Å². The summed E-state index contributed by atoms with van der Waals surface area (Å²) in [5.74, 6) is 0.438. The number of hydrogen-bond acceptors (Lipinski definition) is 2. The molecule has 0 saturated heterocycles. The third-order valence-electron chi connectivity index (χ3n) is 2.16. The predicted octanol–water partition coefficient (Wildman–Crippen LogP) is 2.41. The Morgan fingerprint density at radius 3 is 3.00 bits per heavy atom. The quantitative estimate of drug-likeness (QED) is 0.640. The minimum absolute atomic E-state index is 0.438. The van der Waals surface area contributed by atoms with Gasteiger partial charge in [0.15, 0.2) is 6.29 Å². The van der Waals surface area contributed by atoms with Gasteiger partial charge in [-0.05, 0) is 24.0 Å². The third kappa shape index (κ3) is 1.70. The van der Waals surface area contributed by atoms with Crippen LogP contribution in [0.5, 0.6) is 0 Å². The van der Waals surface area contributed by atoms with Crippen LogP contribution in [0, 0.1) is 0 Å². The summed E-state index contributed by atoms with van der Waals surface area (Å²) in [6.07, 6.45) is 5.27. The Balaban J connectivity index is 3.04. The Morgan fingerprint density at radius 2 is 2.42 bits per heavy atom. The molecule has 0 aromatic carbocycles. The number of carbonyl (C=O) groups is 1. The largest absolute Gasteiger partial charge is 0.298 e. The smallest absolute Gasteiger partial charge is 0.151 e. The molecule has 1 aromatic rings. The van der Waals surface area contributed by atoms with Crippen LogP contribution in [-0.4, -0.2) is 11.3 Å². The molecule has 0 fully saturated rings. The first-order chi connectivity index (χ1) is 5.79. The van der Waals surface area contributed by atoms with Crippen LogP contribution in [0.2, 0.25) is 0 Å². The molecule has 0 spiro atoms. The molecular weight excluding hydrogens is 150 g/mol. The van der Waals surface area contributed by atoms with E-state index in [4.69, 9.17) is 0 Å². The molecule has 64 valence electrons. The van der Waals surface area contributed by atoms with Gasteiger partial charge in [-0.1, -0.05) is 13.8 Å². The summed E-state index contributed by atoms with van der Waals surface area (Å²) in [6, 6.07) is 1.91. The van der Waals surface area contributed by atoms with Crippen LogP contribution in [0.4, 0.5) is 0 Å². The lowest BCUT2D eigenvalue weighted by Crippen LogP contribution is -1.97. The number of aromatic nitrogens is 1. The van der Waals surface area contributed by atoms with E-state index in [9.17, 15) is 4.79 Å². The summed E-state index contributed by atoms with van der Waals surface area (Å²) in [4.78, 5) is 14.5. The molecule has 0 aliphatic carbocycles. The zero-order chi connectivity index (χ0) is 8.97. The summed E-state index contributed by atoms with van der Waals surface area (Å²) in [5.41, 5.74) is 1.81. The molecule has 0 saturated carbocycles. The van der Waals surface area contributed by atoms with E-state index in [-0.39, 0.29) is 0 Å². The third-order valence-corrected chi connectivity index (χ3v) is 2.16. The van der Waals surface area contributed by atoms with Gasteiger partial charge in [-0.25, -0.2) is 0 Å². The summed E-state index contributed by atoms with van der Waals surface area (Å²) >= 11 is 0. The molecule has 0 aliphatic rings. The highest BCUT2D eigenvalue weighted by Crippen LogP contribution is 2.20. The van der Waals surface area contributed by atoms with Crippen molar-refractivity contribution in [1.29, 1.82) is 0 Å². The number of rotatable bonds is 3. The van der Waals surface area contributed by atoms with Gasteiger partial charge in [-0.3, -0.25) is 9.78 Å². The molecule has 1 aromatic heterocycles. The fourth-order valence-electron chi connectivity index (χ4n) is 1.18. The lowest BCUT2D eigenvalue weighted by Gasteiger charge is -2.09. The Kier molecular flexibility index (Phi) is 2.97. The van der Waals surface area contributed by atoms with Gasteiger partial charge < -0.3 is 0 Å². The van der Waals surface area contributed by atoms with Gasteiger partial charge in [0.05, 0.1) is 0 Å². The maximum atomic E-state index is 10.6. The van der Waals surface area contributed by atoms with Crippen molar-refractivity contribution in [3.05, 3.63) is 29.6 Å². The molecule has 0 aliphatic heterocycles. The van der Waals surface area contributed by atoms with Crippen molar-refractivity contribution in [1.82, 2.24) is 4.98 Å². The molecule has 0 N–H and O–H groups in total. The second-order valence-electron chi connectivity index (χ2n) is 2.93. The highest BCUT2D eigenvalue weighted by molar-refractivity contribution is 5.76. The number of hydrogen-bond donors (Lipinski definition) is 0. The van der Waals surface area contributed by atoms with E-state index in [1.807, 2.05) is 6.07 Å². The maximum absolute atomic E-state index is 10.6. The van der Waals surface area contributed by atoms with Crippen molar-refractivity contribution >= 4 is 6.29 Å². The number of carbonyl (C=O) groups excluding carboxylic acids is 1. The van der Waals surface area contributed by atoms with Crippen LogP contribution >= 0.6 is 0 Å². The van der Waals surface area contributed by atoms with Crippen LogP contribution in [0.15, 0.2) is 18.5 Å². The minimum Gasteiger partial charge on any atom is -0.298 e. The molecular formula is C10H13NO. The lowest BCUT2D eigenvalue weighted by molar-refractivity contribution is 0.112. The van der Waals surface area contributed by atoms with Gasteiger partial charge in [0, 0.05) is 18.0 Å². The topological polar surface area (TPSA) is 30.0 Å². The van der Waals surface area contributed by atoms with E-state index in [0.717, 1.165) is 18.3 Å². The maximum Gasteiger partial charge on any atom is 0.151 e. The van der Waals surface area contributed by atoms with Gasteiger partial charge in [-0.15, -0.1) is 0 Å². The highest BCUT2D eigenvalue weighted by atomic mass is 16.1. The average molecular weight is 163 g/mol. The fraction of sp³-hybridized carbons (Fsp3) is 0.400. The summed E-state index contributed by atoms with van der Waals surface area (Å²) in [6.45, 7) is 4.22. The summed E-state index contributed by atoms with van der Waals surface area (Å²) in [7, 11) is 0. The second-order valence-corrected chi connectivity index (χ2v) is 2.93. The minimum atomic E-state index is 0.438. The molecule has 0 radical (unpaired) electrons. The van der Waals surface area contributed by atoms with Gasteiger partial charge in [0.2, 0.25) is 0 Å². The molecule has 2 nitrogen and oxygen atoms in total. The van der Waals surface area contributed by atoms with Gasteiger partial charge in [0.1, 0.15) is 0 Å². The van der Waals surface area contributed by atoms with E-state index < -0.39 is 0 Å². The van der Waals surface area contributed by atoms with Gasteiger partial charge in [0.25, 0.3) is 0 Å². The van der Waals surface area contributed by atoms with Crippen molar-refractivity contribution in [3.8, 4) is 0 Å². The van der Waals surface area contributed by atoms with E-state index in [1.165, 1.54) is 0 Å². The molecule has 1 unspecified atom stereocenters. The first kappa shape index (κ1) is 8.91. The van der Waals surface area contributed by atoms with E-state index in [1.54, 1.807) is 12.4 Å². The highest BCUT2D eigenvalue weighted by Gasteiger charge is 2.07. The van der Waals surface area contributed by atoms with E-state index in [0.29, 0.717) is 11.5 Å². The van der Waals surface area contributed by atoms with Crippen molar-refractivity contribution in [2.75, 3.05) is 0 Å².